The molecule has 1 aliphatic rings. The number of aromatic hydroxyl groups is 2. The molecule has 0 amide bonds. The van der Waals surface area contributed by atoms with Crippen LogP contribution in [0.4, 0.5) is 0 Å². The van der Waals surface area contributed by atoms with E-state index >= 15 is 0 Å². The quantitative estimate of drug-likeness (QED) is 0.297. The van der Waals surface area contributed by atoms with Crippen molar-refractivity contribution in [1.29, 1.82) is 0 Å². The van der Waals surface area contributed by atoms with Gasteiger partial charge in [-0.2, -0.15) is 0 Å². The van der Waals surface area contributed by atoms with Crippen LogP contribution in [0.25, 0.3) is 6.08 Å². The number of phenols is 2. The zero-order valence-corrected chi connectivity index (χ0v) is 12.4. The number of carboxylic acids is 1. The van der Waals surface area contributed by atoms with Crippen molar-refractivity contribution >= 4 is 18.0 Å². The van der Waals surface area contributed by atoms with Crippen LogP contribution in [0, 0.1) is 0 Å². The lowest BCUT2D eigenvalue weighted by molar-refractivity contribution is -0.157. The maximum absolute atomic E-state index is 11.8. The topological polar surface area (TPSA) is 145 Å². The predicted molar refractivity (Wildman–Crippen MR) is 81.0 cm³/mol. The molecule has 0 fully saturated rings. The average Bonchev–Trinajstić information content (AvgIpc) is 2.51. The summed E-state index contributed by atoms with van der Waals surface area (Å²) in [4.78, 5) is 22.6. The summed E-state index contributed by atoms with van der Waals surface area (Å²) in [6.07, 6.45) is -0.961. The fourth-order valence-corrected chi connectivity index (χ4v) is 2.23. The average molecular weight is 336 g/mol. The van der Waals surface area contributed by atoms with Crippen LogP contribution in [0.1, 0.15) is 12.0 Å². The molecular weight excluding hydrogens is 320 g/mol. The lowest BCUT2D eigenvalue weighted by Crippen LogP contribution is -2.44. The van der Waals surface area contributed by atoms with Crippen molar-refractivity contribution in [2.45, 2.75) is 24.7 Å². The molecule has 0 radical (unpaired) electrons. The van der Waals surface area contributed by atoms with E-state index in [1.807, 2.05) is 0 Å². The molecule has 1 aromatic rings. The van der Waals surface area contributed by atoms with E-state index in [1.165, 1.54) is 24.3 Å². The summed E-state index contributed by atoms with van der Waals surface area (Å²) in [5.74, 6) is -2.78. The van der Waals surface area contributed by atoms with Gasteiger partial charge in [-0.25, -0.2) is 9.59 Å². The summed E-state index contributed by atoms with van der Waals surface area (Å²) in [6.45, 7) is 0. The predicted octanol–water partition coefficient (Wildman–Crippen LogP) is 0.159. The van der Waals surface area contributed by atoms with Crippen molar-refractivity contribution in [1.82, 2.24) is 0 Å². The Bertz CT molecular complexity index is 706. The van der Waals surface area contributed by atoms with Crippen LogP contribution in [0.5, 0.6) is 11.5 Å². The molecule has 128 valence electrons. The van der Waals surface area contributed by atoms with Crippen LogP contribution in [-0.2, 0) is 14.3 Å². The van der Waals surface area contributed by atoms with Crippen LogP contribution in [0.2, 0.25) is 0 Å². The number of rotatable bonds is 4. The Morgan fingerprint density at radius 2 is 1.88 bits per heavy atom. The molecule has 8 heteroatoms. The Morgan fingerprint density at radius 3 is 2.46 bits per heavy atom. The van der Waals surface area contributed by atoms with Crippen LogP contribution >= 0.6 is 0 Å². The number of benzene rings is 1. The van der Waals surface area contributed by atoms with Crippen molar-refractivity contribution in [3.8, 4) is 11.5 Å². The molecule has 0 aromatic heterocycles. The Labute approximate surface area is 136 Å². The number of esters is 1. The molecule has 24 heavy (non-hydrogen) atoms. The summed E-state index contributed by atoms with van der Waals surface area (Å²) < 4.78 is 4.94. The highest BCUT2D eigenvalue weighted by Gasteiger charge is 2.35. The normalized spacial score (nSPS) is 23.8. The van der Waals surface area contributed by atoms with Crippen LogP contribution < -0.4 is 0 Å². The second-order valence-electron chi connectivity index (χ2n) is 5.24. The van der Waals surface area contributed by atoms with Gasteiger partial charge in [-0.3, -0.25) is 0 Å². The van der Waals surface area contributed by atoms with Gasteiger partial charge in [0.15, 0.2) is 17.6 Å². The molecule has 1 aliphatic carbocycles. The van der Waals surface area contributed by atoms with Gasteiger partial charge in [0, 0.05) is 18.1 Å². The van der Waals surface area contributed by atoms with E-state index < -0.39 is 30.3 Å². The van der Waals surface area contributed by atoms with Gasteiger partial charge >= 0.3 is 11.9 Å². The third kappa shape index (κ3) is 4.12. The standard InChI is InChI=1S/C16H16O8/c17-10-3-1-8(5-11(10)18)2-4-14(21)24-15-12(19)6-9(16(22)23)7-13(15)20/h1-6,12-13,15,17-20H,7H2,(H,22,23). The van der Waals surface area contributed by atoms with E-state index in [9.17, 15) is 30.0 Å². The largest absolute Gasteiger partial charge is 0.504 e. The summed E-state index contributed by atoms with van der Waals surface area (Å²) in [6, 6.07) is 3.92. The van der Waals surface area contributed by atoms with E-state index in [0.29, 0.717) is 5.56 Å². The molecule has 0 bridgehead atoms. The first-order valence-electron chi connectivity index (χ1n) is 6.98. The monoisotopic (exact) mass is 336 g/mol. The molecule has 1 aromatic carbocycles. The number of hydrogen-bond donors (Lipinski definition) is 5. The fraction of sp³-hybridized carbons (Fsp3) is 0.250. The SMILES string of the molecule is O=C(C=Cc1ccc(O)c(O)c1)OC1C(O)C=C(C(=O)O)CC1O. The van der Waals surface area contributed by atoms with Crippen LogP contribution in [0.15, 0.2) is 35.9 Å². The van der Waals surface area contributed by atoms with E-state index in [1.54, 1.807) is 0 Å². The van der Waals surface area contributed by atoms with Gasteiger partial charge in [0.2, 0.25) is 0 Å². The molecule has 5 N–H and O–H groups in total. The Kier molecular flexibility index (Phi) is 5.22. The van der Waals surface area contributed by atoms with Gasteiger partial charge in [0.05, 0.1) is 6.10 Å². The van der Waals surface area contributed by atoms with Gasteiger partial charge in [-0.1, -0.05) is 6.07 Å². The van der Waals surface area contributed by atoms with Gasteiger partial charge < -0.3 is 30.3 Å². The van der Waals surface area contributed by atoms with Crippen molar-refractivity contribution in [3.05, 3.63) is 41.5 Å². The van der Waals surface area contributed by atoms with Gasteiger partial charge in [-0.15, -0.1) is 0 Å². The zero-order valence-electron chi connectivity index (χ0n) is 12.4. The highest BCUT2D eigenvalue weighted by molar-refractivity contribution is 5.88. The van der Waals surface area contributed by atoms with Crippen molar-refractivity contribution in [2.24, 2.45) is 0 Å². The molecule has 0 aliphatic heterocycles. The summed E-state index contributed by atoms with van der Waals surface area (Å²) >= 11 is 0. The zero-order chi connectivity index (χ0) is 17.9. The Hall–Kier alpha value is -2.84. The lowest BCUT2D eigenvalue weighted by Gasteiger charge is -2.29. The molecule has 0 heterocycles. The number of aliphatic hydroxyl groups is 2. The van der Waals surface area contributed by atoms with Crippen LogP contribution in [0.3, 0.4) is 0 Å². The maximum atomic E-state index is 11.8. The van der Waals surface area contributed by atoms with Crippen LogP contribution in [-0.4, -0.2) is 55.8 Å². The fourth-order valence-electron chi connectivity index (χ4n) is 2.23. The van der Waals surface area contributed by atoms with Crippen molar-refractivity contribution < 1.29 is 39.9 Å². The second kappa shape index (κ2) is 7.16. The number of hydrogen-bond acceptors (Lipinski definition) is 7. The molecule has 3 atom stereocenters. The van der Waals surface area contributed by atoms with Gasteiger partial charge in [0.1, 0.15) is 6.10 Å². The minimum absolute atomic E-state index is 0.155. The minimum Gasteiger partial charge on any atom is -0.504 e. The summed E-state index contributed by atoms with van der Waals surface area (Å²) in [5, 5.41) is 47.0. The molecular formula is C16H16O8. The third-order valence-corrected chi connectivity index (χ3v) is 3.46. The van der Waals surface area contributed by atoms with E-state index in [2.05, 4.69) is 0 Å². The Morgan fingerprint density at radius 1 is 1.17 bits per heavy atom. The first-order valence-corrected chi connectivity index (χ1v) is 6.98. The van der Waals surface area contributed by atoms with Crippen molar-refractivity contribution in [3.63, 3.8) is 0 Å². The van der Waals surface area contributed by atoms with Gasteiger partial charge in [-0.05, 0) is 29.8 Å². The van der Waals surface area contributed by atoms with Gasteiger partial charge in [0.25, 0.3) is 0 Å². The number of aliphatic carboxylic acids is 1. The molecule has 8 nitrogen and oxygen atoms in total. The highest BCUT2D eigenvalue weighted by atomic mass is 16.6. The van der Waals surface area contributed by atoms with E-state index in [0.717, 1.165) is 12.2 Å². The van der Waals surface area contributed by atoms with E-state index in [4.69, 9.17) is 9.84 Å². The second-order valence-corrected chi connectivity index (χ2v) is 5.24. The van der Waals surface area contributed by atoms with E-state index in [-0.39, 0.29) is 23.5 Å². The number of carbonyl (C=O) groups is 2. The molecule has 0 spiro atoms. The highest BCUT2D eigenvalue weighted by Crippen LogP contribution is 2.26. The minimum atomic E-state index is -1.44. The molecule has 0 saturated carbocycles. The number of carbonyl (C=O) groups excluding carboxylic acids is 1. The maximum Gasteiger partial charge on any atom is 0.331 e. The summed E-state index contributed by atoms with van der Waals surface area (Å²) in [7, 11) is 0. The first-order chi connectivity index (χ1) is 11.3. The number of carboxylic acid groups (broad SMARTS) is 1. The number of ether oxygens (including phenoxy) is 1. The first kappa shape index (κ1) is 17.5. The smallest absolute Gasteiger partial charge is 0.331 e. The molecule has 3 unspecified atom stereocenters. The Balaban J connectivity index is 2.02. The molecule has 2 rings (SSSR count). The number of phenolic OH excluding ortho intramolecular Hbond substituents is 2. The summed E-state index contributed by atoms with van der Waals surface area (Å²) in [5.41, 5.74) is 0.262. The van der Waals surface area contributed by atoms with Crippen molar-refractivity contribution in [2.75, 3.05) is 0 Å². The lowest BCUT2D eigenvalue weighted by atomic mass is 9.92. The number of aliphatic hydroxyl groups excluding tert-OH is 2. The molecule has 0 saturated heterocycles. The third-order valence-electron chi connectivity index (χ3n) is 3.46.